The van der Waals surface area contributed by atoms with Gasteiger partial charge in [0, 0.05) is 24.7 Å². The van der Waals surface area contributed by atoms with Crippen molar-refractivity contribution in [1.82, 2.24) is 15.4 Å². The van der Waals surface area contributed by atoms with Crippen molar-refractivity contribution in [3.8, 4) is 0 Å². The molecule has 1 aromatic rings. The lowest BCUT2D eigenvalue weighted by atomic mass is 10.2. The minimum atomic E-state index is 0.583. The van der Waals surface area contributed by atoms with E-state index in [0.717, 1.165) is 18.8 Å². The molecule has 1 aromatic heterocycles. The molecule has 2 atom stereocenters. The zero-order valence-corrected chi connectivity index (χ0v) is 8.73. The van der Waals surface area contributed by atoms with Crippen LogP contribution in [0.3, 0.4) is 0 Å². The summed E-state index contributed by atoms with van der Waals surface area (Å²) < 4.78 is 5.02. The van der Waals surface area contributed by atoms with E-state index >= 15 is 0 Å². The van der Waals surface area contributed by atoms with Crippen LogP contribution in [0.15, 0.2) is 16.8 Å². The van der Waals surface area contributed by atoms with Gasteiger partial charge in [0.25, 0.3) is 0 Å². The van der Waals surface area contributed by atoms with E-state index in [9.17, 15) is 0 Å². The molecule has 1 saturated heterocycles. The highest BCUT2D eigenvalue weighted by Crippen LogP contribution is 2.15. The smallest absolute Gasteiger partial charge is 0.150 e. The summed E-state index contributed by atoms with van der Waals surface area (Å²) in [6.45, 7) is 4.16. The largest absolute Gasteiger partial charge is 0.360 e. The standard InChI is InChI=1S/C10H17N3O/c1-8-5-9(7-13(8)2)11-6-10-3-4-12-14-10/h3-4,8-9,11H,5-7H2,1-2H3. The summed E-state index contributed by atoms with van der Waals surface area (Å²) in [5.74, 6) is 0.909. The van der Waals surface area contributed by atoms with Crippen LogP contribution >= 0.6 is 0 Å². The molecule has 4 heteroatoms. The third-order valence-corrected chi connectivity index (χ3v) is 2.94. The fraction of sp³-hybridized carbons (Fsp3) is 0.700. The Bertz CT molecular complexity index is 263. The van der Waals surface area contributed by atoms with Gasteiger partial charge in [0.15, 0.2) is 0 Å². The van der Waals surface area contributed by atoms with Gasteiger partial charge in [-0.05, 0) is 20.4 Å². The lowest BCUT2D eigenvalue weighted by Gasteiger charge is -2.12. The molecule has 0 amide bonds. The summed E-state index contributed by atoms with van der Waals surface area (Å²) in [5.41, 5.74) is 0. The SMILES string of the molecule is CC1CC(NCc2ccno2)CN1C. The fourth-order valence-electron chi connectivity index (χ4n) is 1.92. The van der Waals surface area contributed by atoms with Crippen molar-refractivity contribution in [2.45, 2.75) is 32.0 Å². The van der Waals surface area contributed by atoms with Crippen molar-refractivity contribution in [2.24, 2.45) is 0 Å². The van der Waals surface area contributed by atoms with Gasteiger partial charge in [-0.3, -0.25) is 0 Å². The van der Waals surface area contributed by atoms with Crippen LogP contribution in [-0.4, -0.2) is 35.7 Å². The van der Waals surface area contributed by atoms with Crippen LogP contribution in [-0.2, 0) is 6.54 Å². The number of hydrogen-bond donors (Lipinski definition) is 1. The first kappa shape index (κ1) is 9.68. The van der Waals surface area contributed by atoms with Crippen LogP contribution < -0.4 is 5.32 Å². The molecule has 0 aromatic carbocycles. The van der Waals surface area contributed by atoms with Gasteiger partial charge in [0.1, 0.15) is 5.76 Å². The molecule has 1 fully saturated rings. The second kappa shape index (κ2) is 4.11. The maximum atomic E-state index is 5.02. The molecule has 2 rings (SSSR count). The Morgan fingerprint density at radius 3 is 3.14 bits per heavy atom. The molecular weight excluding hydrogens is 178 g/mol. The molecule has 1 N–H and O–H groups in total. The average molecular weight is 195 g/mol. The van der Waals surface area contributed by atoms with Crippen LogP contribution in [0.4, 0.5) is 0 Å². The molecule has 4 nitrogen and oxygen atoms in total. The van der Waals surface area contributed by atoms with Crippen molar-refractivity contribution in [1.29, 1.82) is 0 Å². The van der Waals surface area contributed by atoms with E-state index in [2.05, 4.69) is 29.3 Å². The topological polar surface area (TPSA) is 41.3 Å². The molecule has 0 spiro atoms. The predicted molar refractivity (Wildman–Crippen MR) is 53.8 cm³/mol. The van der Waals surface area contributed by atoms with Crippen LogP contribution in [0.5, 0.6) is 0 Å². The Morgan fingerprint density at radius 1 is 1.71 bits per heavy atom. The maximum Gasteiger partial charge on any atom is 0.150 e. The van der Waals surface area contributed by atoms with Gasteiger partial charge in [0.2, 0.25) is 0 Å². The summed E-state index contributed by atoms with van der Waals surface area (Å²) in [6, 6.07) is 3.16. The van der Waals surface area contributed by atoms with Crippen LogP contribution in [0.25, 0.3) is 0 Å². The van der Waals surface area contributed by atoms with Crippen LogP contribution in [0.2, 0.25) is 0 Å². The van der Waals surface area contributed by atoms with Crippen molar-refractivity contribution < 1.29 is 4.52 Å². The molecule has 1 aliphatic rings. The highest BCUT2D eigenvalue weighted by molar-refractivity contribution is 4.94. The van der Waals surface area contributed by atoms with E-state index in [1.165, 1.54) is 6.42 Å². The second-order valence-electron chi connectivity index (χ2n) is 4.08. The van der Waals surface area contributed by atoms with Gasteiger partial charge in [0.05, 0.1) is 12.7 Å². The Hall–Kier alpha value is -0.870. The first-order chi connectivity index (χ1) is 6.75. The quantitative estimate of drug-likeness (QED) is 0.776. The third kappa shape index (κ3) is 2.13. The first-order valence-electron chi connectivity index (χ1n) is 5.09. The summed E-state index contributed by atoms with van der Waals surface area (Å²) in [4.78, 5) is 2.37. The number of likely N-dealkylation sites (N-methyl/N-ethyl adjacent to an activating group) is 1. The normalized spacial score (nSPS) is 28.4. The fourth-order valence-corrected chi connectivity index (χ4v) is 1.92. The Labute approximate surface area is 84.3 Å². The molecule has 78 valence electrons. The van der Waals surface area contributed by atoms with Gasteiger partial charge < -0.3 is 14.7 Å². The molecular formula is C10H17N3O. The van der Waals surface area contributed by atoms with Crippen molar-refractivity contribution in [3.05, 3.63) is 18.0 Å². The van der Waals surface area contributed by atoms with E-state index in [4.69, 9.17) is 4.52 Å². The zero-order valence-electron chi connectivity index (χ0n) is 8.73. The minimum Gasteiger partial charge on any atom is -0.360 e. The van der Waals surface area contributed by atoms with E-state index in [1.54, 1.807) is 6.20 Å². The van der Waals surface area contributed by atoms with E-state index < -0.39 is 0 Å². The Morgan fingerprint density at radius 2 is 2.57 bits per heavy atom. The van der Waals surface area contributed by atoms with Crippen molar-refractivity contribution in [2.75, 3.05) is 13.6 Å². The highest BCUT2D eigenvalue weighted by Gasteiger charge is 2.25. The van der Waals surface area contributed by atoms with Crippen LogP contribution in [0.1, 0.15) is 19.1 Å². The number of nitrogens with one attached hydrogen (secondary N) is 1. The average Bonchev–Trinajstić information content (AvgIpc) is 2.74. The molecule has 2 unspecified atom stereocenters. The minimum absolute atomic E-state index is 0.583. The zero-order chi connectivity index (χ0) is 9.97. The number of aromatic nitrogens is 1. The molecule has 0 bridgehead atoms. The second-order valence-corrected chi connectivity index (χ2v) is 4.08. The lowest BCUT2D eigenvalue weighted by Crippen LogP contribution is -2.30. The molecule has 2 heterocycles. The van der Waals surface area contributed by atoms with Gasteiger partial charge in [-0.2, -0.15) is 0 Å². The van der Waals surface area contributed by atoms with Gasteiger partial charge in [-0.25, -0.2) is 0 Å². The van der Waals surface area contributed by atoms with E-state index in [1.807, 2.05) is 6.07 Å². The molecule has 0 saturated carbocycles. The molecule has 1 aliphatic heterocycles. The van der Waals surface area contributed by atoms with Crippen LogP contribution in [0, 0.1) is 0 Å². The molecule has 0 radical (unpaired) electrons. The first-order valence-corrected chi connectivity index (χ1v) is 5.09. The van der Waals surface area contributed by atoms with Crippen molar-refractivity contribution >= 4 is 0 Å². The predicted octanol–water partition coefficient (Wildman–Crippen LogP) is 0.857. The monoisotopic (exact) mass is 195 g/mol. The summed E-state index contributed by atoms with van der Waals surface area (Å²) in [6.07, 6.45) is 2.89. The van der Waals surface area contributed by atoms with E-state index in [0.29, 0.717) is 12.1 Å². The Kier molecular flexibility index (Phi) is 2.84. The van der Waals surface area contributed by atoms with Gasteiger partial charge in [-0.1, -0.05) is 5.16 Å². The number of nitrogens with zero attached hydrogens (tertiary/aromatic N) is 2. The Balaban J connectivity index is 1.77. The third-order valence-electron chi connectivity index (χ3n) is 2.94. The highest BCUT2D eigenvalue weighted by atomic mass is 16.5. The summed E-state index contributed by atoms with van der Waals surface area (Å²) >= 11 is 0. The van der Waals surface area contributed by atoms with E-state index in [-0.39, 0.29) is 0 Å². The van der Waals surface area contributed by atoms with Gasteiger partial charge >= 0.3 is 0 Å². The summed E-state index contributed by atoms with van der Waals surface area (Å²) in [5, 5.41) is 7.14. The lowest BCUT2D eigenvalue weighted by molar-refractivity contribution is 0.324. The molecule has 0 aliphatic carbocycles. The molecule has 14 heavy (non-hydrogen) atoms. The number of rotatable bonds is 3. The maximum absolute atomic E-state index is 5.02. The summed E-state index contributed by atoms with van der Waals surface area (Å²) in [7, 11) is 2.17. The van der Waals surface area contributed by atoms with Gasteiger partial charge in [-0.15, -0.1) is 0 Å². The number of likely N-dealkylation sites (tertiary alicyclic amines) is 1. The van der Waals surface area contributed by atoms with Crippen molar-refractivity contribution in [3.63, 3.8) is 0 Å². The number of hydrogen-bond acceptors (Lipinski definition) is 4.